The summed E-state index contributed by atoms with van der Waals surface area (Å²) >= 11 is 1.21. The highest BCUT2D eigenvalue weighted by atomic mass is 32.1. The molecule has 0 fully saturated rings. The van der Waals surface area contributed by atoms with Gasteiger partial charge in [-0.15, -0.1) is 0 Å². The first-order chi connectivity index (χ1) is 25.1. The molecule has 0 amide bonds. The van der Waals surface area contributed by atoms with Crippen LogP contribution in [0, 0.1) is 5.92 Å². The molecule has 6 rings (SSSR count). The molecule has 11 nitrogen and oxygen atoms in total. The van der Waals surface area contributed by atoms with Gasteiger partial charge in [0.1, 0.15) is 11.4 Å². The van der Waals surface area contributed by atoms with E-state index in [0.717, 1.165) is 23.4 Å². The van der Waals surface area contributed by atoms with E-state index < -0.39 is 18.0 Å². The molecule has 0 bridgehead atoms. The van der Waals surface area contributed by atoms with E-state index in [1.807, 2.05) is 66.9 Å². The molecule has 0 saturated carbocycles. The number of carbonyl (C=O) groups is 2. The van der Waals surface area contributed by atoms with Crippen molar-refractivity contribution in [2.45, 2.75) is 47.1 Å². The van der Waals surface area contributed by atoms with E-state index in [1.165, 1.54) is 29.9 Å². The summed E-state index contributed by atoms with van der Waals surface area (Å²) in [5.74, 6) is 0.690. The second-order valence-corrected chi connectivity index (χ2v) is 13.6. The Balaban J connectivity index is 1.49. The van der Waals surface area contributed by atoms with Crippen LogP contribution >= 0.6 is 11.3 Å². The van der Waals surface area contributed by atoms with Gasteiger partial charge in [0.15, 0.2) is 16.3 Å². The molecule has 1 aliphatic rings. The summed E-state index contributed by atoms with van der Waals surface area (Å²) in [6, 6.07) is 21.5. The molecule has 0 saturated heterocycles. The Morgan fingerprint density at radius 2 is 1.77 bits per heavy atom. The third-order valence-corrected chi connectivity index (χ3v) is 9.40. The standard InChI is InChI=1S/C40H40N4O7S/c1-7-49-39(47)35-25(4)41-40-44(37(35)28-15-18-32(51-26(5)45)33(21-28)48-6)38(46)34(52-40)22-29-23-43(30-11-9-8-10-12-30)42-36(29)27-13-16-31(17-14-27)50-20-19-24(2)3/h8-18,21-24,37H,7,19-20H2,1-6H3/b34-22+/t37-/m1/s1. The first-order valence-electron chi connectivity index (χ1n) is 17.0. The Morgan fingerprint density at radius 3 is 2.44 bits per heavy atom. The average molecular weight is 721 g/mol. The number of rotatable bonds is 12. The van der Waals surface area contributed by atoms with Crippen molar-refractivity contribution in [2.75, 3.05) is 20.3 Å². The number of carbonyl (C=O) groups excluding carboxylic acids is 2. The lowest BCUT2D eigenvalue weighted by Gasteiger charge is -2.25. The number of hydrogen-bond acceptors (Lipinski definition) is 10. The molecule has 1 atom stereocenters. The molecule has 52 heavy (non-hydrogen) atoms. The smallest absolute Gasteiger partial charge is 0.338 e. The minimum Gasteiger partial charge on any atom is -0.494 e. The first-order valence-corrected chi connectivity index (χ1v) is 17.8. The maximum Gasteiger partial charge on any atom is 0.338 e. The Kier molecular flexibility index (Phi) is 10.8. The number of aromatic nitrogens is 3. The molecule has 0 unspecified atom stereocenters. The van der Waals surface area contributed by atoms with Gasteiger partial charge in [0.05, 0.1) is 47.9 Å². The monoisotopic (exact) mass is 720 g/mol. The Morgan fingerprint density at radius 1 is 1.02 bits per heavy atom. The Hall–Kier alpha value is -5.75. The van der Waals surface area contributed by atoms with Gasteiger partial charge in [-0.05, 0) is 86.4 Å². The summed E-state index contributed by atoms with van der Waals surface area (Å²) in [6.45, 7) is 9.83. The number of hydrogen-bond donors (Lipinski definition) is 0. The fraction of sp³-hybridized carbons (Fsp3) is 0.275. The van der Waals surface area contributed by atoms with Gasteiger partial charge in [0.25, 0.3) is 5.56 Å². The van der Waals surface area contributed by atoms with Crippen molar-refractivity contribution in [2.24, 2.45) is 10.9 Å². The van der Waals surface area contributed by atoms with Crippen molar-refractivity contribution in [1.29, 1.82) is 0 Å². The second-order valence-electron chi connectivity index (χ2n) is 12.6. The van der Waals surface area contributed by atoms with Crippen molar-refractivity contribution in [3.8, 4) is 34.2 Å². The third kappa shape index (κ3) is 7.62. The highest BCUT2D eigenvalue weighted by Gasteiger charge is 2.34. The van der Waals surface area contributed by atoms with Gasteiger partial charge >= 0.3 is 11.9 Å². The molecule has 0 aliphatic carbocycles. The van der Waals surface area contributed by atoms with Crippen LogP contribution in [-0.4, -0.2) is 46.6 Å². The Bertz CT molecular complexity index is 2320. The number of thiazole rings is 1. The van der Waals surface area contributed by atoms with Crippen molar-refractivity contribution in [1.82, 2.24) is 14.3 Å². The van der Waals surface area contributed by atoms with Gasteiger partial charge in [-0.3, -0.25) is 14.2 Å². The van der Waals surface area contributed by atoms with Crippen molar-refractivity contribution in [3.63, 3.8) is 0 Å². The van der Waals surface area contributed by atoms with Crippen LogP contribution in [0.25, 0.3) is 23.0 Å². The molecule has 0 spiro atoms. The number of allylic oxidation sites excluding steroid dienone is 1. The largest absolute Gasteiger partial charge is 0.494 e. The van der Waals surface area contributed by atoms with Gasteiger partial charge in [-0.1, -0.05) is 49.4 Å². The lowest BCUT2D eigenvalue weighted by molar-refractivity contribution is -0.139. The van der Waals surface area contributed by atoms with Crippen LogP contribution in [0.5, 0.6) is 17.2 Å². The third-order valence-electron chi connectivity index (χ3n) is 8.42. The molecular weight excluding hydrogens is 681 g/mol. The molecule has 12 heteroatoms. The van der Waals surface area contributed by atoms with E-state index in [2.05, 4.69) is 13.8 Å². The van der Waals surface area contributed by atoms with E-state index in [4.69, 9.17) is 29.0 Å². The van der Waals surface area contributed by atoms with Gasteiger partial charge in [-0.2, -0.15) is 5.10 Å². The van der Waals surface area contributed by atoms with E-state index >= 15 is 0 Å². The molecule has 0 radical (unpaired) electrons. The minimum absolute atomic E-state index is 0.140. The zero-order chi connectivity index (χ0) is 36.9. The molecule has 3 heterocycles. The number of para-hydroxylation sites is 1. The molecule has 5 aromatic rings. The fourth-order valence-electron chi connectivity index (χ4n) is 5.89. The summed E-state index contributed by atoms with van der Waals surface area (Å²) in [5.41, 5.74) is 3.94. The summed E-state index contributed by atoms with van der Waals surface area (Å²) in [5, 5.41) is 4.95. The van der Waals surface area contributed by atoms with Crippen LogP contribution in [0.15, 0.2) is 100 Å². The zero-order valence-electron chi connectivity index (χ0n) is 29.9. The van der Waals surface area contributed by atoms with E-state index in [1.54, 1.807) is 36.7 Å². The number of benzene rings is 3. The van der Waals surface area contributed by atoms with Crippen molar-refractivity contribution >= 4 is 29.4 Å². The molecule has 1 aliphatic heterocycles. The highest BCUT2D eigenvalue weighted by molar-refractivity contribution is 7.07. The van der Waals surface area contributed by atoms with Crippen molar-refractivity contribution < 1.29 is 28.5 Å². The summed E-state index contributed by atoms with van der Waals surface area (Å²) < 4.78 is 25.9. The zero-order valence-corrected chi connectivity index (χ0v) is 30.7. The van der Waals surface area contributed by atoms with Crippen LogP contribution in [0.4, 0.5) is 0 Å². The number of ether oxygens (including phenoxy) is 4. The molecule has 3 aromatic carbocycles. The normalized spacial score (nSPS) is 14.2. The summed E-state index contributed by atoms with van der Waals surface area (Å²) in [6.07, 6.45) is 4.66. The van der Waals surface area contributed by atoms with E-state index in [9.17, 15) is 14.4 Å². The van der Waals surface area contributed by atoms with Gasteiger partial charge in [0.2, 0.25) is 0 Å². The lowest BCUT2D eigenvalue weighted by atomic mass is 9.95. The SMILES string of the molecule is CCOC(=O)C1=C(C)N=c2s/c(=C/c3cn(-c4ccccc4)nc3-c3ccc(OCCC(C)C)cc3)c(=O)n2[C@@H]1c1ccc(OC(C)=O)c(OC)c1. The van der Waals surface area contributed by atoms with E-state index in [-0.39, 0.29) is 29.2 Å². The predicted octanol–water partition coefficient (Wildman–Crippen LogP) is 6.01. The number of nitrogens with zero attached hydrogens (tertiary/aromatic N) is 4. The van der Waals surface area contributed by atoms with E-state index in [0.29, 0.717) is 44.4 Å². The van der Waals surface area contributed by atoms with Crippen LogP contribution in [0.2, 0.25) is 0 Å². The van der Waals surface area contributed by atoms with Crippen molar-refractivity contribution in [3.05, 3.63) is 121 Å². The average Bonchev–Trinajstić information content (AvgIpc) is 3.68. The minimum atomic E-state index is -0.896. The number of fused-ring (bicyclic) bond motifs is 1. The van der Waals surface area contributed by atoms with Gasteiger partial charge in [-0.25, -0.2) is 14.5 Å². The first kappa shape index (κ1) is 36.1. The maximum absolute atomic E-state index is 14.5. The topological polar surface area (TPSA) is 123 Å². The van der Waals surface area contributed by atoms with Crippen LogP contribution in [0.3, 0.4) is 0 Å². The number of esters is 2. The highest BCUT2D eigenvalue weighted by Crippen LogP contribution is 2.36. The van der Waals surface area contributed by atoms with Crippen LogP contribution in [-0.2, 0) is 14.3 Å². The Labute approximate surface area is 305 Å². The number of methoxy groups -OCH3 is 1. The maximum atomic E-state index is 14.5. The summed E-state index contributed by atoms with van der Waals surface area (Å²) in [4.78, 5) is 44.8. The quantitative estimate of drug-likeness (QED) is 0.114. The predicted molar refractivity (Wildman–Crippen MR) is 199 cm³/mol. The van der Waals surface area contributed by atoms with Crippen LogP contribution in [0.1, 0.15) is 58.2 Å². The van der Waals surface area contributed by atoms with Gasteiger partial charge in [0, 0.05) is 24.2 Å². The molecular formula is C40H40N4O7S. The van der Waals surface area contributed by atoms with Gasteiger partial charge < -0.3 is 18.9 Å². The molecule has 0 N–H and O–H groups in total. The van der Waals surface area contributed by atoms with Crippen LogP contribution < -0.4 is 29.1 Å². The molecule has 2 aromatic heterocycles. The second kappa shape index (κ2) is 15.6. The lowest BCUT2D eigenvalue weighted by Crippen LogP contribution is -2.40. The summed E-state index contributed by atoms with van der Waals surface area (Å²) in [7, 11) is 1.45. The fourth-order valence-corrected chi connectivity index (χ4v) is 6.93. The molecule has 268 valence electrons.